The Morgan fingerprint density at radius 2 is 1.93 bits per heavy atom. The van der Waals surface area contributed by atoms with E-state index in [1.54, 1.807) is 27.9 Å². The zero-order chi connectivity index (χ0) is 29.6. The molecule has 0 radical (unpaired) electrons. The monoisotopic (exact) mass is 569 g/mol. The summed E-state index contributed by atoms with van der Waals surface area (Å²) in [5, 5.41) is 12.3. The number of carbonyl (C=O) groups is 4. The summed E-state index contributed by atoms with van der Waals surface area (Å²) < 4.78 is 10.9. The van der Waals surface area contributed by atoms with E-state index in [1.165, 1.54) is 42.5 Å². The molecule has 2 N–H and O–H groups in total. The van der Waals surface area contributed by atoms with E-state index >= 15 is 0 Å². The summed E-state index contributed by atoms with van der Waals surface area (Å²) in [5.41, 5.74) is 0.485. The minimum atomic E-state index is -1.44. The highest BCUT2D eigenvalue weighted by molar-refractivity contribution is 7.20. The predicted molar refractivity (Wildman–Crippen MR) is 152 cm³/mol. The first kappa shape index (κ1) is 30.6. The second-order valence-electron chi connectivity index (χ2n) is 10.3. The van der Waals surface area contributed by atoms with Crippen LogP contribution in [-0.2, 0) is 20.8 Å². The molecule has 3 aromatic rings. The third kappa shape index (κ3) is 6.77. The topological polar surface area (TPSA) is 139 Å². The quantitative estimate of drug-likeness (QED) is 0.209. The molecule has 1 aromatic carbocycles. The number of nitrogens with zero attached hydrogens (tertiary/aromatic N) is 2. The van der Waals surface area contributed by atoms with E-state index in [-0.39, 0.29) is 12.2 Å². The highest BCUT2D eigenvalue weighted by Crippen LogP contribution is 2.42. The zero-order valence-corrected chi connectivity index (χ0v) is 24.3. The van der Waals surface area contributed by atoms with Crippen LogP contribution < -0.4 is 15.0 Å². The highest BCUT2D eigenvalue weighted by Gasteiger charge is 2.34. The van der Waals surface area contributed by atoms with Crippen LogP contribution >= 0.6 is 11.3 Å². The Balaban J connectivity index is 1.91. The molecule has 0 saturated carbocycles. The van der Waals surface area contributed by atoms with Crippen LogP contribution in [0.25, 0.3) is 10.8 Å². The van der Waals surface area contributed by atoms with E-state index in [9.17, 15) is 24.3 Å². The number of carboxylic acids is 1. The summed E-state index contributed by atoms with van der Waals surface area (Å²) in [6.45, 7) is 8.26. The van der Waals surface area contributed by atoms with Crippen LogP contribution in [0.15, 0.2) is 41.1 Å². The number of benzene rings is 1. The van der Waals surface area contributed by atoms with Gasteiger partial charge in [-0.05, 0) is 50.8 Å². The van der Waals surface area contributed by atoms with E-state index in [0.717, 1.165) is 5.56 Å². The maximum atomic E-state index is 13.9. The maximum Gasteiger partial charge on any atom is 0.328 e. The van der Waals surface area contributed by atoms with Crippen molar-refractivity contribution in [1.29, 1.82) is 0 Å². The van der Waals surface area contributed by atoms with Crippen molar-refractivity contribution < 1.29 is 33.4 Å². The Morgan fingerprint density at radius 3 is 2.52 bits per heavy atom. The van der Waals surface area contributed by atoms with Crippen molar-refractivity contribution in [1.82, 2.24) is 10.3 Å². The molecule has 40 heavy (non-hydrogen) atoms. The molecule has 2 amide bonds. The number of rotatable bonds is 14. The standard InChI is InChI=1S/C29H35N3O7S/c1-17(15-18(2)25(35)31-29(4,5)28(36)37)23(34)22-19(3)24(26-30-12-14-39-26)40-27(22)32(16-33)13-11-20-9-7-8-10-21(20)38-6/h7-10,12,14,16-18H,11,13,15H2,1-6H3,(H,31,35)(H,36,37). The zero-order valence-electron chi connectivity index (χ0n) is 23.5. The van der Waals surface area contributed by atoms with Crippen LogP contribution in [0.1, 0.15) is 55.6 Å². The number of aliphatic carboxylic acids is 1. The SMILES string of the molecule is COc1ccccc1CCN(C=O)c1sc(-c2ncco2)c(C)c1C(=O)C(C)CC(C)C(=O)NC(C)(C)C(=O)O. The molecule has 11 heteroatoms. The summed E-state index contributed by atoms with van der Waals surface area (Å²) in [7, 11) is 1.59. The summed E-state index contributed by atoms with van der Waals surface area (Å²) >= 11 is 1.25. The lowest BCUT2D eigenvalue weighted by Gasteiger charge is -2.25. The average molecular weight is 570 g/mol. The lowest BCUT2D eigenvalue weighted by molar-refractivity contribution is -0.146. The number of amides is 2. The second kappa shape index (κ2) is 12.9. The Kier molecular flexibility index (Phi) is 9.86. The number of para-hydroxylation sites is 1. The smallest absolute Gasteiger partial charge is 0.328 e. The largest absolute Gasteiger partial charge is 0.496 e. The first-order valence-electron chi connectivity index (χ1n) is 12.9. The molecule has 0 fully saturated rings. The molecule has 2 aromatic heterocycles. The van der Waals surface area contributed by atoms with Crippen molar-refractivity contribution in [2.24, 2.45) is 11.8 Å². The maximum absolute atomic E-state index is 13.9. The molecule has 2 unspecified atom stereocenters. The van der Waals surface area contributed by atoms with Gasteiger partial charge >= 0.3 is 5.97 Å². The molecule has 10 nitrogen and oxygen atoms in total. The molecule has 214 valence electrons. The molecule has 0 saturated heterocycles. The summed E-state index contributed by atoms with van der Waals surface area (Å²) in [5.74, 6) is -2.02. The first-order chi connectivity index (χ1) is 18.9. The van der Waals surface area contributed by atoms with Gasteiger partial charge in [-0.3, -0.25) is 14.4 Å². The number of thiophene rings is 1. The fraction of sp³-hybridized carbons (Fsp3) is 0.414. The number of methoxy groups -OCH3 is 1. The average Bonchev–Trinajstić information content (AvgIpc) is 3.56. The number of ether oxygens (including phenoxy) is 1. The molecule has 2 atom stereocenters. The number of hydrogen-bond donors (Lipinski definition) is 2. The van der Waals surface area contributed by atoms with Crippen LogP contribution in [0.3, 0.4) is 0 Å². The predicted octanol–water partition coefficient (Wildman–Crippen LogP) is 4.75. The van der Waals surface area contributed by atoms with E-state index < -0.39 is 29.3 Å². The first-order valence-corrected chi connectivity index (χ1v) is 13.7. The van der Waals surface area contributed by atoms with E-state index in [1.807, 2.05) is 24.3 Å². The minimum absolute atomic E-state index is 0.186. The number of carboxylic acid groups (broad SMARTS) is 1. The van der Waals surface area contributed by atoms with Crippen LogP contribution in [0, 0.1) is 18.8 Å². The fourth-order valence-corrected chi connectivity index (χ4v) is 5.60. The number of ketones is 1. The Morgan fingerprint density at radius 1 is 1.23 bits per heavy atom. The molecule has 3 rings (SSSR count). The van der Waals surface area contributed by atoms with Gasteiger partial charge in [0.25, 0.3) is 0 Å². The van der Waals surface area contributed by atoms with Crippen molar-refractivity contribution in [3.8, 4) is 16.5 Å². The Hall–Kier alpha value is -3.99. The number of nitrogens with one attached hydrogen (secondary N) is 1. The number of anilines is 1. The number of oxazole rings is 1. The molecular weight excluding hydrogens is 534 g/mol. The molecule has 0 bridgehead atoms. The van der Waals surface area contributed by atoms with Gasteiger partial charge in [-0.15, -0.1) is 11.3 Å². The Labute approximate surface area is 237 Å². The van der Waals surface area contributed by atoms with Crippen LogP contribution in [0.5, 0.6) is 5.75 Å². The molecule has 0 aliphatic rings. The fourth-order valence-electron chi connectivity index (χ4n) is 4.36. The van der Waals surface area contributed by atoms with Gasteiger partial charge in [-0.1, -0.05) is 32.0 Å². The summed E-state index contributed by atoms with van der Waals surface area (Å²) in [4.78, 5) is 56.7. The van der Waals surface area contributed by atoms with Crippen LogP contribution in [0.2, 0.25) is 0 Å². The molecule has 0 spiro atoms. The molecule has 0 aliphatic heterocycles. The summed E-state index contributed by atoms with van der Waals surface area (Å²) in [6.07, 6.45) is 4.33. The van der Waals surface area contributed by atoms with Crippen molar-refractivity contribution >= 4 is 40.4 Å². The van der Waals surface area contributed by atoms with Gasteiger partial charge in [0, 0.05) is 18.4 Å². The van der Waals surface area contributed by atoms with Crippen LogP contribution in [-0.4, -0.2) is 53.4 Å². The van der Waals surface area contributed by atoms with E-state index in [2.05, 4.69) is 10.3 Å². The number of aromatic nitrogens is 1. The molecule has 2 heterocycles. The van der Waals surface area contributed by atoms with Gasteiger partial charge in [0.1, 0.15) is 22.6 Å². The van der Waals surface area contributed by atoms with Crippen molar-refractivity contribution in [2.75, 3.05) is 18.6 Å². The Bertz CT molecular complexity index is 1360. The van der Waals surface area contributed by atoms with Gasteiger partial charge in [-0.2, -0.15) is 0 Å². The third-order valence-corrected chi connectivity index (χ3v) is 8.09. The third-order valence-electron chi connectivity index (χ3n) is 6.78. The van der Waals surface area contributed by atoms with Gasteiger partial charge in [0.05, 0.1) is 23.7 Å². The van der Waals surface area contributed by atoms with Crippen molar-refractivity contribution in [3.05, 3.63) is 53.4 Å². The summed E-state index contributed by atoms with van der Waals surface area (Å²) in [6, 6.07) is 7.53. The number of Topliss-reactive ketones (excluding diaryl/α,β-unsaturated/α-hetero) is 1. The van der Waals surface area contributed by atoms with Crippen molar-refractivity contribution in [3.63, 3.8) is 0 Å². The normalized spacial score (nSPS) is 12.8. The minimum Gasteiger partial charge on any atom is -0.496 e. The van der Waals surface area contributed by atoms with E-state index in [4.69, 9.17) is 9.15 Å². The lowest BCUT2D eigenvalue weighted by atomic mass is 9.88. The lowest BCUT2D eigenvalue weighted by Crippen LogP contribution is -2.51. The molecular formula is C29H35N3O7S. The van der Waals surface area contributed by atoms with E-state index in [0.29, 0.717) is 52.0 Å². The highest BCUT2D eigenvalue weighted by atomic mass is 32.1. The van der Waals surface area contributed by atoms with Gasteiger partial charge < -0.3 is 24.5 Å². The van der Waals surface area contributed by atoms with Gasteiger partial charge in [0.15, 0.2) is 5.78 Å². The number of carbonyl (C=O) groups excluding carboxylic acids is 3. The van der Waals surface area contributed by atoms with Crippen LogP contribution in [0.4, 0.5) is 5.00 Å². The van der Waals surface area contributed by atoms with Crippen molar-refractivity contribution in [2.45, 2.75) is 53.0 Å². The van der Waals surface area contributed by atoms with Gasteiger partial charge in [0.2, 0.25) is 18.2 Å². The number of hydrogen-bond acceptors (Lipinski definition) is 8. The second-order valence-corrected chi connectivity index (χ2v) is 11.3. The van der Waals surface area contributed by atoms with Gasteiger partial charge in [-0.25, -0.2) is 9.78 Å². The molecule has 0 aliphatic carbocycles.